The minimum Gasteiger partial charge on any atom is -0.378 e. The third-order valence-electron chi connectivity index (χ3n) is 3.47. The maximum Gasteiger partial charge on any atom is 0.246 e. The molecule has 1 aliphatic rings. The number of aromatic nitrogens is 1. The lowest BCUT2D eigenvalue weighted by Gasteiger charge is -2.27. The maximum atomic E-state index is 11.8. The molecule has 1 saturated heterocycles. The van der Waals surface area contributed by atoms with E-state index >= 15 is 0 Å². The summed E-state index contributed by atoms with van der Waals surface area (Å²) in [6.07, 6.45) is 4.62. The van der Waals surface area contributed by atoms with Crippen LogP contribution < -0.4 is 10.2 Å². The maximum absolute atomic E-state index is 11.8. The van der Waals surface area contributed by atoms with Gasteiger partial charge in [-0.3, -0.25) is 4.79 Å². The van der Waals surface area contributed by atoms with Crippen LogP contribution in [0.2, 0.25) is 0 Å². The summed E-state index contributed by atoms with van der Waals surface area (Å²) in [7, 11) is 0. The molecule has 0 bridgehead atoms. The number of nitrogens with zero attached hydrogens (tertiary/aromatic N) is 2. The molecule has 0 atom stereocenters. The molecule has 1 aromatic rings. The minimum atomic E-state index is -0.0193. The molecule has 114 valence electrons. The van der Waals surface area contributed by atoms with Crippen molar-refractivity contribution in [2.24, 2.45) is 0 Å². The number of pyridine rings is 1. The molecule has 0 unspecified atom stereocenters. The van der Waals surface area contributed by atoms with Gasteiger partial charge in [-0.15, -0.1) is 0 Å². The second-order valence-electron chi connectivity index (χ2n) is 5.10. The minimum absolute atomic E-state index is 0.0193. The summed E-state index contributed by atoms with van der Waals surface area (Å²) in [6.45, 7) is 7.62. The summed E-state index contributed by atoms with van der Waals surface area (Å²) in [6, 6.07) is 4.01. The summed E-state index contributed by atoms with van der Waals surface area (Å²) in [5.41, 5.74) is 1.76. The van der Waals surface area contributed by atoms with Crippen LogP contribution in [0.25, 0.3) is 0 Å². The first-order valence-electron chi connectivity index (χ1n) is 7.43. The van der Waals surface area contributed by atoms with E-state index in [0.29, 0.717) is 6.54 Å². The van der Waals surface area contributed by atoms with Crippen molar-refractivity contribution in [3.8, 4) is 0 Å². The van der Waals surface area contributed by atoms with Gasteiger partial charge in [0.05, 0.1) is 13.2 Å². The van der Waals surface area contributed by atoms with Gasteiger partial charge in [-0.2, -0.15) is 0 Å². The fraction of sp³-hybridized carbons (Fsp3) is 0.500. The Labute approximate surface area is 126 Å². The van der Waals surface area contributed by atoms with Crippen LogP contribution in [0.5, 0.6) is 0 Å². The van der Waals surface area contributed by atoms with Gasteiger partial charge in [0.2, 0.25) is 5.91 Å². The van der Waals surface area contributed by atoms with E-state index in [4.69, 9.17) is 4.74 Å². The van der Waals surface area contributed by atoms with Gasteiger partial charge >= 0.3 is 0 Å². The third-order valence-corrected chi connectivity index (χ3v) is 3.47. The van der Waals surface area contributed by atoms with Crippen LogP contribution in [0, 0.1) is 0 Å². The molecule has 1 aliphatic heterocycles. The molecule has 0 aromatic carbocycles. The molecule has 1 fully saturated rings. The predicted octanol–water partition coefficient (Wildman–Crippen LogP) is 1.89. The highest BCUT2D eigenvalue weighted by Gasteiger charge is 2.12. The second kappa shape index (κ2) is 7.78. The molecular formula is C16H23N3O2. The number of hydrogen-bond acceptors (Lipinski definition) is 4. The Morgan fingerprint density at radius 2 is 2.19 bits per heavy atom. The summed E-state index contributed by atoms with van der Waals surface area (Å²) in [5, 5.41) is 2.90. The number of carbonyl (C=O) groups is 1. The highest BCUT2D eigenvalue weighted by molar-refractivity contribution is 5.92. The monoisotopic (exact) mass is 289 g/mol. The van der Waals surface area contributed by atoms with E-state index in [1.165, 1.54) is 0 Å². The molecule has 0 radical (unpaired) electrons. The van der Waals surface area contributed by atoms with Crippen LogP contribution in [0.1, 0.15) is 25.8 Å². The quantitative estimate of drug-likeness (QED) is 0.841. The molecule has 0 saturated carbocycles. The highest BCUT2D eigenvalue weighted by Crippen LogP contribution is 2.13. The van der Waals surface area contributed by atoms with Gasteiger partial charge in [-0.05, 0) is 25.0 Å². The van der Waals surface area contributed by atoms with Crippen molar-refractivity contribution in [3.05, 3.63) is 35.5 Å². The number of morpholine rings is 1. The molecular weight excluding hydrogens is 266 g/mol. The van der Waals surface area contributed by atoms with Crippen molar-refractivity contribution in [3.63, 3.8) is 0 Å². The lowest BCUT2D eigenvalue weighted by molar-refractivity contribution is -0.117. The third kappa shape index (κ3) is 4.56. The molecule has 1 N–H and O–H groups in total. The zero-order valence-electron chi connectivity index (χ0n) is 12.8. The fourth-order valence-electron chi connectivity index (χ4n) is 2.22. The van der Waals surface area contributed by atoms with Crippen LogP contribution >= 0.6 is 0 Å². The second-order valence-corrected chi connectivity index (χ2v) is 5.10. The lowest BCUT2D eigenvalue weighted by atomic mass is 10.2. The Morgan fingerprint density at radius 3 is 2.81 bits per heavy atom. The molecule has 5 nitrogen and oxygen atoms in total. The molecule has 21 heavy (non-hydrogen) atoms. The fourth-order valence-corrected chi connectivity index (χ4v) is 2.22. The first-order chi connectivity index (χ1) is 10.2. The Morgan fingerprint density at radius 1 is 1.43 bits per heavy atom. The smallest absolute Gasteiger partial charge is 0.246 e. The molecule has 2 heterocycles. The van der Waals surface area contributed by atoms with Crippen molar-refractivity contribution in [2.45, 2.75) is 26.8 Å². The standard InChI is InChI=1S/C16H23N3O2/c1-3-4-13(2)16(20)18-12-14-5-6-15(17-11-14)19-7-9-21-10-8-19/h4-6,11H,3,7-10,12H2,1-2H3,(H,18,20). The summed E-state index contributed by atoms with van der Waals surface area (Å²) in [5.74, 6) is 0.949. The zero-order chi connectivity index (χ0) is 15.1. The topological polar surface area (TPSA) is 54.5 Å². The summed E-state index contributed by atoms with van der Waals surface area (Å²) in [4.78, 5) is 18.5. The van der Waals surface area contributed by atoms with Crippen molar-refractivity contribution in [1.82, 2.24) is 10.3 Å². The van der Waals surface area contributed by atoms with Crippen molar-refractivity contribution in [2.75, 3.05) is 31.2 Å². The van der Waals surface area contributed by atoms with Crippen molar-refractivity contribution >= 4 is 11.7 Å². The Bertz CT molecular complexity index is 491. The number of ether oxygens (including phenoxy) is 1. The summed E-state index contributed by atoms with van der Waals surface area (Å²) < 4.78 is 5.33. The van der Waals surface area contributed by atoms with Gasteiger partial charge in [0.15, 0.2) is 0 Å². The number of nitrogens with one attached hydrogen (secondary N) is 1. The number of rotatable bonds is 5. The van der Waals surface area contributed by atoms with E-state index in [2.05, 4.69) is 15.2 Å². The molecule has 5 heteroatoms. The number of amides is 1. The van der Waals surface area contributed by atoms with Crippen LogP contribution in [-0.4, -0.2) is 37.2 Å². The molecule has 1 amide bonds. The van der Waals surface area contributed by atoms with Gasteiger partial charge in [0, 0.05) is 31.4 Å². The first-order valence-corrected chi connectivity index (χ1v) is 7.43. The Kier molecular flexibility index (Phi) is 5.75. The van der Waals surface area contributed by atoms with Gasteiger partial charge in [-0.1, -0.05) is 19.1 Å². The van der Waals surface area contributed by atoms with Gasteiger partial charge in [0.1, 0.15) is 5.82 Å². The van der Waals surface area contributed by atoms with E-state index in [0.717, 1.165) is 49.7 Å². The zero-order valence-corrected chi connectivity index (χ0v) is 12.8. The number of carbonyl (C=O) groups excluding carboxylic acids is 1. The number of anilines is 1. The number of allylic oxidation sites excluding steroid dienone is 1. The Balaban J connectivity index is 1.87. The van der Waals surface area contributed by atoms with Crippen molar-refractivity contribution < 1.29 is 9.53 Å². The van der Waals surface area contributed by atoms with E-state index < -0.39 is 0 Å². The van der Waals surface area contributed by atoms with Gasteiger partial charge < -0.3 is 15.0 Å². The average Bonchev–Trinajstić information content (AvgIpc) is 2.54. The van der Waals surface area contributed by atoms with E-state index in [-0.39, 0.29) is 5.91 Å². The Hall–Kier alpha value is -1.88. The van der Waals surface area contributed by atoms with Crippen molar-refractivity contribution in [1.29, 1.82) is 0 Å². The molecule has 1 aromatic heterocycles. The van der Waals surface area contributed by atoms with E-state index in [1.54, 1.807) is 0 Å². The first kappa shape index (κ1) is 15.5. The molecule has 0 spiro atoms. The largest absolute Gasteiger partial charge is 0.378 e. The van der Waals surface area contributed by atoms with Crippen LogP contribution in [0.15, 0.2) is 30.0 Å². The van der Waals surface area contributed by atoms with Crippen LogP contribution in [0.3, 0.4) is 0 Å². The summed E-state index contributed by atoms with van der Waals surface area (Å²) >= 11 is 0. The highest BCUT2D eigenvalue weighted by atomic mass is 16.5. The normalized spacial score (nSPS) is 15.9. The predicted molar refractivity (Wildman–Crippen MR) is 83.2 cm³/mol. The molecule has 0 aliphatic carbocycles. The van der Waals surface area contributed by atoms with Crippen LogP contribution in [0.4, 0.5) is 5.82 Å². The van der Waals surface area contributed by atoms with E-state index in [1.807, 2.05) is 38.3 Å². The van der Waals surface area contributed by atoms with Gasteiger partial charge in [0.25, 0.3) is 0 Å². The van der Waals surface area contributed by atoms with Gasteiger partial charge in [-0.25, -0.2) is 4.98 Å². The SMILES string of the molecule is CCC=C(C)C(=O)NCc1ccc(N2CCOCC2)nc1. The van der Waals surface area contributed by atoms with E-state index in [9.17, 15) is 4.79 Å². The number of hydrogen-bond donors (Lipinski definition) is 1. The molecule has 2 rings (SSSR count). The van der Waals surface area contributed by atoms with Crippen LogP contribution in [-0.2, 0) is 16.1 Å². The average molecular weight is 289 g/mol. The lowest BCUT2D eigenvalue weighted by Crippen LogP contribution is -2.36.